The van der Waals surface area contributed by atoms with Gasteiger partial charge in [0, 0.05) is 5.39 Å². The molecule has 0 saturated heterocycles. The summed E-state index contributed by atoms with van der Waals surface area (Å²) >= 11 is 0. The number of aromatic amines is 2. The molecule has 3 N–H and O–H groups in total. The van der Waals surface area contributed by atoms with Crippen molar-refractivity contribution in [1.82, 2.24) is 20.3 Å². The molecule has 0 aliphatic carbocycles. The molecule has 8 heteroatoms. The van der Waals surface area contributed by atoms with Crippen molar-refractivity contribution in [3.05, 3.63) is 68.6 Å². The first-order valence-electron chi connectivity index (χ1n) is 7.12. The van der Waals surface area contributed by atoms with Crippen molar-refractivity contribution in [2.75, 3.05) is 7.11 Å². The average Bonchev–Trinajstić information content (AvgIpc) is 2.59. The molecule has 24 heavy (non-hydrogen) atoms. The minimum Gasteiger partial charge on any atom is -0.489 e. The van der Waals surface area contributed by atoms with Crippen molar-refractivity contribution in [2.24, 2.45) is 0 Å². The molecule has 1 aromatic carbocycles. The third-order valence-electron chi connectivity index (χ3n) is 3.42. The molecule has 3 aromatic rings. The van der Waals surface area contributed by atoms with E-state index in [0.717, 1.165) is 10.9 Å². The van der Waals surface area contributed by atoms with Crippen molar-refractivity contribution in [3.63, 3.8) is 0 Å². The van der Waals surface area contributed by atoms with Crippen LogP contribution in [0.3, 0.4) is 0 Å². The monoisotopic (exact) mass is 326 g/mol. The van der Waals surface area contributed by atoms with Crippen molar-refractivity contribution in [1.29, 1.82) is 0 Å². The Kier molecular flexibility index (Phi) is 4.11. The maximum absolute atomic E-state index is 12.2. The summed E-state index contributed by atoms with van der Waals surface area (Å²) in [6.07, 6.45) is 0. The fraction of sp³-hybridized carbons (Fsp3) is 0.125. The van der Waals surface area contributed by atoms with Crippen LogP contribution in [0.4, 0.5) is 0 Å². The Morgan fingerprint density at radius 3 is 2.75 bits per heavy atom. The number of ether oxygens (including phenoxy) is 1. The van der Waals surface area contributed by atoms with Crippen molar-refractivity contribution in [3.8, 4) is 5.75 Å². The van der Waals surface area contributed by atoms with Crippen LogP contribution in [0.2, 0.25) is 0 Å². The van der Waals surface area contributed by atoms with Gasteiger partial charge >= 0.3 is 5.69 Å². The lowest BCUT2D eigenvalue weighted by Gasteiger charge is -2.08. The van der Waals surface area contributed by atoms with E-state index in [0.29, 0.717) is 5.69 Å². The lowest BCUT2D eigenvalue weighted by Crippen LogP contribution is -2.32. The van der Waals surface area contributed by atoms with Crippen LogP contribution in [0.25, 0.3) is 10.9 Å². The molecule has 0 aliphatic rings. The number of pyridine rings is 1. The van der Waals surface area contributed by atoms with E-state index in [9.17, 15) is 14.4 Å². The number of para-hydroxylation sites is 1. The van der Waals surface area contributed by atoms with Crippen LogP contribution in [0, 0.1) is 0 Å². The number of H-pyrrole nitrogens is 2. The number of hydrogen-bond donors (Lipinski definition) is 3. The van der Waals surface area contributed by atoms with Crippen LogP contribution in [0.5, 0.6) is 5.75 Å². The minimum atomic E-state index is -0.783. The second-order valence-corrected chi connectivity index (χ2v) is 4.99. The van der Waals surface area contributed by atoms with Gasteiger partial charge in [-0.05, 0) is 12.1 Å². The molecule has 8 nitrogen and oxygen atoms in total. The van der Waals surface area contributed by atoms with E-state index in [1.807, 2.05) is 35.3 Å². The van der Waals surface area contributed by atoms with Gasteiger partial charge in [0.15, 0.2) is 5.69 Å². The Hall–Kier alpha value is -3.42. The topological polar surface area (TPSA) is 117 Å². The normalized spacial score (nSPS) is 10.5. The number of aromatic nitrogens is 3. The Morgan fingerprint density at radius 2 is 1.96 bits per heavy atom. The predicted octanol–water partition coefficient (Wildman–Crippen LogP) is 0.550. The molecule has 2 heterocycles. The summed E-state index contributed by atoms with van der Waals surface area (Å²) in [6.45, 7) is 0.141. The van der Waals surface area contributed by atoms with Gasteiger partial charge in [-0.2, -0.15) is 0 Å². The fourth-order valence-corrected chi connectivity index (χ4v) is 2.30. The number of rotatable bonds is 4. The molecule has 0 atom stereocenters. The van der Waals surface area contributed by atoms with Gasteiger partial charge in [0.05, 0.1) is 24.9 Å². The molecule has 0 unspecified atom stereocenters. The van der Waals surface area contributed by atoms with Gasteiger partial charge in [-0.3, -0.25) is 24.5 Å². The number of nitrogens with zero attached hydrogens (tertiary/aromatic N) is 1. The third kappa shape index (κ3) is 3.02. The van der Waals surface area contributed by atoms with Crippen LogP contribution in [0.1, 0.15) is 16.2 Å². The minimum absolute atomic E-state index is 0.141. The summed E-state index contributed by atoms with van der Waals surface area (Å²) in [5.74, 6) is -0.886. The molecule has 0 aliphatic heterocycles. The van der Waals surface area contributed by atoms with Crippen LogP contribution in [0.15, 0.2) is 46.0 Å². The highest BCUT2D eigenvalue weighted by Gasteiger charge is 2.17. The zero-order valence-corrected chi connectivity index (χ0v) is 12.8. The molecule has 0 saturated carbocycles. The van der Waals surface area contributed by atoms with Gasteiger partial charge in [-0.1, -0.05) is 24.3 Å². The van der Waals surface area contributed by atoms with Gasteiger partial charge in [-0.25, -0.2) is 4.79 Å². The van der Waals surface area contributed by atoms with E-state index >= 15 is 0 Å². The maximum Gasteiger partial charge on any atom is 0.326 e. The molecule has 1 amide bonds. The molecular weight excluding hydrogens is 312 g/mol. The van der Waals surface area contributed by atoms with E-state index < -0.39 is 17.2 Å². The standard InChI is InChI=1S/C16H14N4O4/c1-24-13-12(19-16(23)20-15(13)22)14(21)17-8-10-7-6-9-4-2-3-5-11(9)18-10/h2-7H,8H2,1H3,(H,17,21)(H2,19,20,22,23). The predicted molar refractivity (Wildman–Crippen MR) is 87.1 cm³/mol. The number of benzene rings is 1. The zero-order valence-electron chi connectivity index (χ0n) is 12.8. The van der Waals surface area contributed by atoms with Crippen LogP contribution < -0.4 is 21.3 Å². The average molecular weight is 326 g/mol. The van der Waals surface area contributed by atoms with E-state index in [4.69, 9.17) is 4.74 Å². The molecule has 122 valence electrons. The van der Waals surface area contributed by atoms with Gasteiger partial charge < -0.3 is 10.1 Å². The molecule has 0 bridgehead atoms. The molecule has 2 aromatic heterocycles. The van der Waals surface area contributed by atoms with Gasteiger partial charge in [0.1, 0.15) is 0 Å². The number of carbonyl (C=O) groups is 1. The molecule has 0 radical (unpaired) electrons. The maximum atomic E-state index is 12.2. The fourth-order valence-electron chi connectivity index (χ4n) is 2.30. The van der Waals surface area contributed by atoms with Crippen LogP contribution in [-0.4, -0.2) is 28.0 Å². The second kappa shape index (κ2) is 6.37. The number of hydrogen-bond acceptors (Lipinski definition) is 5. The Balaban J connectivity index is 1.82. The van der Waals surface area contributed by atoms with Gasteiger partial charge in [-0.15, -0.1) is 0 Å². The first-order chi connectivity index (χ1) is 11.6. The summed E-state index contributed by atoms with van der Waals surface area (Å²) in [5, 5.41) is 3.60. The lowest BCUT2D eigenvalue weighted by molar-refractivity contribution is 0.0941. The van der Waals surface area contributed by atoms with Gasteiger partial charge in [0.25, 0.3) is 11.5 Å². The van der Waals surface area contributed by atoms with Crippen molar-refractivity contribution in [2.45, 2.75) is 6.54 Å². The molecule has 0 spiro atoms. The summed E-state index contributed by atoms with van der Waals surface area (Å²) in [7, 11) is 1.24. The zero-order chi connectivity index (χ0) is 17.1. The van der Waals surface area contributed by atoms with E-state index in [1.54, 1.807) is 6.07 Å². The molecular formula is C16H14N4O4. The van der Waals surface area contributed by atoms with Crippen LogP contribution in [-0.2, 0) is 6.54 Å². The van der Waals surface area contributed by atoms with Crippen molar-refractivity contribution < 1.29 is 9.53 Å². The smallest absolute Gasteiger partial charge is 0.326 e. The van der Waals surface area contributed by atoms with E-state index in [2.05, 4.69) is 15.3 Å². The highest BCUT2D eigenvalue weighted by atomic mass is 16.5. The van der Waals surface area contributed by atoms with Crippen molar-refractivity contribution >= 4 is 16.8 Å². The number of nitrogens with one attached hydrogen (secondary N) is 3. The highest BCUT2D eigenvalue weighted by Crippen LogP contribution is 2.12. The number of fused-ring (bicyclic) bond motifs is 1. The summed E-state index contributed by atoms with van der Waals surface area (Å²) < 4.78 is 4.87. The lowest BCUT2D eigenvalue weighted by atomic mass is 10.2. The van der Waals surface area contributed by atoms with Gasteiger partial charge in [0.2, 0.25) is 5.75 Å². The quantitative estimate of drug-likeness (QED) is 0.647. The second-order valence-electron chi connectivity index (χ2n) is 4.99. The molecule has 0 fully saturated rings. The Morgan fingerprint density at radius 1 is 1.17 bits per heavy atom. The Labute approximate surface area is 135 Å². The first kappa shape index (κ1) is 15.5. The van der Waals surface area contributed by atoms with E-state index in [1.165, 1.54) is 7.11 Å². The SMILES string of the molecule is COc1c(C(=O)NCc2ccc3ccccc3n2)[nH]c(=O)[nH]c1=O. The summed E-state index contributed by atoms with van der Waals surface area (Å²) in [4.78, 5) is 43.9. The van der Waals surface area contributed by atoms with E-state index in [-0.39, 0.29) is 18.0 Å². The molecule has 3 rings (SSSR count). The summed E-state index contributed by atoms with van der Waals surface area (Å²) in [5.41, 5.74) is -0.323. The number of carbonyl (C=O) groups excluding carboxylic acids is 1. The number of amides is 1. The Bertz CT molecular complexity index is 1020. The summed E-state index contributed by atoms with van der Waals surface area (Å²) in [6, 6.07) is 11.3. The first-order valence-corrected chi connectivity index (χ1v) is 7.12. The van der Waals surface area contributed by atoms with Crippen LogP contribution >= 0.6 is 0 Å². The number of methoxy groups -OCH3 is 1. The third-order valence-corrected chi connectivity index (χ3v) is 3.42. The highest BCUT2D eigenvalue weighted by molar-refractivity contribution is 5.94. The largest absolute Gasteiger partial charge is 0.489 e.